The van der Waals surface area contributed by atoms with Crippen LogP contribution in [-0.2, 0) is 11.2 Å². The summed E-state index contributed by atoms with van der Waals surface area (Å²) in [6, 6.07) is 10.1. The first-order chi connectivity index (χ1) is 10.1. The Labute approximate surface area is 136 Å². The fourth-order valence-corrected chi connectivity index (χ4v) is 2.46. The Morgan fingerprint density at radius 3 is 2.48 bits per heavy atom. The molecule has 2 amide bonds. The quantitative estimate of drug-likeness (QED) is 0.753. The van der Waals surface area contributed by atoms with Gasteiger partial charge in [-0.15, -0.1) is 0 Å². The zero-order chi connectivity index (χ0) is 15.2. The minimum Gasteiger partial charge on any atom is -0.368 e. The van der Waals surface area contributed by atoms with E-state index in [1.54, 1.807) is 12.1 Å². The van der Waals surface area contributed by atoms with Gasteiger partial charge >= 0.3 is 0 Å². The van der Waals surface area contributed by atoms with E-state index in [4.69, 9.17) is 5.73 Å². The molecule has 2 aromatic rings. The molecule has 2 rings (SSSR count). The topological polar surface area (TPSA) is 85.1 Å². The van der Waals surface area contributed by atoms with Gasteiger partial charge in [0.1, 0.15) is 6.04 Å². The first-order valence-electron chi connectivity index (χ1n) is 6.31. The van der Waals surface area contributed by atoms with Crippen LogP contribution in [0.15, 0.2) is 48.8 Å². The lowest BCUT2D eigenvalue weighted by Crippen LogP contribution is -2.46. The smallest absolute Gasteiger partial charge is 0.252 e. The number of primary amides is 1. The number of benzene rings is 1. The Morgan fingerprint density at radius 2 is 1.86 bits per heavy atom. The van der Waals surface area contributed by atoms with E-state index in [9.17, 15) is 9.59 Å². The molecule has 0 bridgehead atoms. The molecule has 0 aliphatic carbocycles. The molecule has 0 unspecified atom stereocenters. The fraction of sp³-hybridized carbons (Fsp3) is 0.133. The van der Waals surface area contributed by atoms with Crippen molar-refractivity contribution in [3.8, 4) is 0 Å². The lowest BCUT2D eigenvalue weighted by molar-refractivity contribution is -0.119. The molecule has 0 saturated carbocycles. The van der Waals surface area contributed by atoms with Crippen LogP contribution >= 0.6 is 22.6 Å². The third kappa shape index (κ3) is 4.25. The highest BCUT2D eigenvalue weighted by Crippen LogP contribution is 2.13. The predicted octanol–water partition coefficient (Wildman–Crippen LogP) is 1.51. The van der Waals surface area contributed by atoms with Gasteiger partial charge in [0.2, 0.25) is 5.91 Å². The summed E-state index contributed by atoms with van der Waals surface area (Å²) in [7, 11) is 0. The number of hydrogen-bond acceptors (Lipinski definition) is 3. The monoisotopic (exact) mass is 395 g/mol. The van der Waals surface area contributed by atoms with Crippen molar-refractivity contribution in [2.75, 3.05) is 0 Å². The Kier molecular flexibility index (Phi) is 5.26. The van der Waals surface area contributed by atoms with Crippen LogP contribution in [0.1, 0.15) is 15.9 Å². The van der Waals surface area contributed by atoms with Gasteiger partial charge in [-0.1, -0.05) is 18.2 Å². The number of aromatic nitrogens is 1. The molecular weight excluding hydrogens is 381 g/mol. The SMILES string of the molecule is NC(=O)[C@@H](Cc1ccccc1I)NC(=O)c1ccncc1. The molecule has 3 N–H and O–H groups in total. The number of hydrogen-bond donors (Lipinski definition) is 2. The molecule has 0 fully saturated rings. The van der Waals surface area contributed by atoms with Crippen molar-refractivity contribution >= 4 is 34.4 Å². The Balaban J connectivity index is 2.12. The summed E-state index contributed by atoms with van der Waals surface area (Å²) >= 11 is 2.19. The zero-order valence-electron chi connectivity index (χ0n) is 11.1. The third-order valence-electron chi connectivity index (χ3n) is 2.97. The highest BCUT2D eigenvalue weighted by Gasteiger charge is 2.20. The maximum Gasteiger partial charge on any atom is 0.252 e. The van der Waals surface area contributed by atoms with E-state index in [0.717, 1.165) is 9.13 Å². The normalized spacial score (nSPS) is 11.7. The third-order valence-corrected chi connectivity index (χ3v) is 4.03. The van der Waals surface area contributed by atoms with Crippen LogP contribution in [0.4, 0.5) is 0 Å². The van der Waals surface area contributed by atoms with Crippen LogP contribution in [-0.4, -0.2) is 22.8 Å². The molecular formula is C15H14IN3O2. The summed E-state index contributed by atoms with van der Waals surface area (Å²) < 4.78 is 1.03. The van der Waals surface area contributed by atoms with Gasteiger partial charge in [0, 0.05) is 27.9 Å². The molecule has 21 heavy (non-hydrogen) atoms. The number of rotatable bonds is 5. The molecule has 0 saturated heterocycles. The second-order valence-electron chi connectivity index (χ2n) is 4.46. The maximum absolute atomic E-state index is 12.1. The lowest BCUT2D eigenvalue weighted by Gasteiger charge is -2.16. The van der Waals surface area contributed by atoms with E-state index in [2.05, 4.69) is 32.9 Å². The number of nitrogens with one attached hydrogen (secondary N) is 1. The Bertz CT molecular complexity index is 646. The van der Waals surface area contributed by atoms with Crippen molar-refractivity contribution in [3.05, 3.63) is 63.5 Å². The summed E-state index contributed by atoms with van der Waals surface area (Å²) in [5, 5.41) is 2.66. The average molecular weight is 395 g/mol. The highest BCUT2D eigenvalue weighted by molar-refractivity contribution is 14.1. The van der Waals surface area contributed by atoms with Gasteiger partial charge in [-0.25, -0.2) is 0 Å². The van der Waals surface area contributed by atoms with E-state index < -0.39 is 11.9 Å². The highest BCUT2D eigenvalue weighted by atomic mass is 127. The van der Waals surface area contributed by atoms with Crippen LogP contribution in [0.5, 0.6) is 0 Å². The largest absolute Gasteiger partial charge is 0.368 e. The molecule has 0 radical (unpaired) electrons. The van der Waals surface area contributed by atoms with Crippen LogP contribution in [0.25, 0.3) is 0 Å². The van der Waals surface area contributed by atoms with Crippen LogP contribution in [0.2, 0.25) is 0 Å². The van der Waals surface area contributed by atoms with Gasteiger partial charge in [-0.05, 0) is 46.4 Å². The minimum atomic E-state index is -0.749. The molecule has 108 valence electrons. The molecule has 1 atom stereocenters. The summed E-state index contributed by atoms with van der Waals surface area (Å²) in [5.74, 6) is -0.899. The van der Waals surface area contributed by atoms with Gasteiger partial charge in [-0.2, -0.15) is 0 Å². The Morgan fingerprint density at radius 1 is 1.19 bits per heavy atom. The van der Waals surface area contributed by atoms with E-state index in [-0.39, 0.29) is 5.91 Å². The van der Waals surface area contributed by atoms with Crippen molar-refractivity contribution in [3.63, 3.8) is 0 Å². The second-order valence-corrected chi connectivity index (χ2v) is 5.62. The molecule has 1 aromatic heterocycles. The molecule has 0 aliphatic heterocycles. The number of nitrogens with zero attached hydrogens (tertiary/aromatic N) is 1. The summed E-state index contributed by atoms with van der Waals surface area (Å²) in [6.07, 6.45) is 3.41. The predicted molar refractivity (Wildman–Crippen MR) is 87.5 cm³/mol. The number of carbonyl (C=O) groups excluding carboxylic acids is 2. The molecule has 6 heteroatoms. The van der Waals surface area contributed by atoms with Crippen LogP contribution in [0, 0.1) is 3.57 Å². The molecule has 1 heterocycles. The first kappa shape index (κ1) is 15.4. The van der Waals surface area contributed by atoms with Crippen LogP contribution < -0.4 is 11.1 Å². The molecule has 0 spiro atoms. The molecule has 1 aromatic carbocycles. The number of pyridine rings is 1. The van der Waals surface area contributed by atoms with Gasteiger partial charge in [-0.3, -0.25) is 14.6 Å². The number of amides is 2. The van der Waals surface area contributed by atoms with E-state index >= 15 is 0 Å². The number of halogens is 1. The van der Waals surface area contributed by atoms with Gasteiger partial charge in [0.05, 0.1) is 0 Å². The van der Waals surface area contributed by atoms with Crippen molar-refractivity contribution < 1.29 is 9.59 Å². The number of nitrogens with two attached hydrogens (primary N) is 1. The molecule has 0 aliphatic rings. The van der Waals surface area contributed by atoms with Gasteiger partial charge in [0.25, 0.3) is 5.91 Å². The minimum absolute atomic E-state index is 0.341. The van der Waals surface area contributed by atoms with E-state index in [1.807, 2.05) is 24.3 Å². The average Bonchev–Trinajstić information content (AvgIpc) is 2.49. The molecule has 5 nitrogen and oxygen atoms in total. The van der Waals surface area contributed by atoms with E-state index in [1.165, 1.54) is 12.4 Å². The lowest BCUT2D eigenvalue weighted by atomic mass is 10.1. The zero-order valence-corrected chi connectivity index (χ0v) is 13.3. The first-order valence-corrected chi connectivity index (χ1v) is 7.39. The van der Waals surface area contributed by atoms with Crippen molar-refractivity contribution in [1.29, 1.82) is 0 Å². The fourth-order valence-electron chi connectivity index (χ4n) is 1.85. The van der Waals surface area contributed by atoms with Crippen molar-refractivity contribution in [1.82, 2.24) is 10.3 Å². The standard InChI is InChI=1S/C15H14IN3O2/c16-12-4-2-1-3-11(12)9-13(14(17)20)19-15(21)10-5-7-18-8-6-10/h1-8,13H,9H2,(H2,17,20)(H,19,21)/t13-/m1/s1. The Hall–Kier alpha value is -1.96. The maximum atomic E-state index is 12.1. The summed E-state index contributed by atoms with van der Waals surface area (Å²) in [6.45, 7) is 0. The van der Waals surface area contributed by atoms with Crippen molar-refractivity contribution in [2.24, 2.45) is 5.73 Å². The summed E-state index contributed by atoms with van der Waals surface area (Å²) in [5.41, 5.74) is 6.81. The van der Waals surface area contributed by atoms with E-state index in [0.29, 0.717) is 12.0 Å². The van der Waals surface area contributed by atoms with Crippen LogP contribution in [0.3, 0.4) is 0 Å². The van der Waals surface area contributed by atoms with Gasteiger partial charge in [0.15, 0.2) is 0 Å². The summed E-state index contributed by atoms with van der Waals surface area (Å²) in [4.78, 5) is 27.5. The van der Waals surface area contributed by atoms with Crippen molar-refractivity contribution in [2.45, 2.75) is 12.5 Å². The second kappa shape index (κ2) is 7.16. The van der Waals surface area contributed by atoms with Gasteiger partial charge < -0.3 is 11.1 Å². The number of carbonyl (C=O) groups is 2.